The van der Waals surface area contributed by atoms with E-state index in [0.717, 1.165) is 25.9 Å². The number of nitrogens with zero attached hydrogens (tertiary/aromatic N) is 2. The van der Waals surface area contributed by atoms with Crippen molar-refractivity contribution in [2.75, 3.05) is 26.8 Å². The van der Waals surface area contributed by atoms with E-state index in [4.69, 9.17) is 4.74 Å². The lowest BCUT2D eigenvalue weighted by molar-refractivity contribution is -0.137. The highest BCUT2D eigenvalue weighted by atomic mass is 16.5. The SMILES string of the molecule is CN(CCn1ccc2ccccc21)C(=O)C1CCOCC1. The average molecular weight is 286 g/mol. The normalized spacial score (nSPS) is 16.2. The van der Waals surface area contributed by atoms with Gasteiger partial charge in [-0.2, -0.15) is 0 Å². The van der Waals surface area contributed by atoms with Gasteiger partial charge in [0.2, 0.25) is 5.91 Å². The first-order chi connectivity index (χ1) is 10.3. The summed E-state index contributed by atoms with van der Waals surface area (Å²) in [5.74, 6) is 0.403. The molecule has 1 aliphatic heterocycles. The summed E-state index contributed by atoms with van der Waals surface area (Å²) in [5.41, 5.74) is 1.23. The quantitative estimate of drug-likeness (QED) is 0.865. The van der Waals surface area contributed by atoms with E-state index in [-0.39, 0.29) is 11.8 Å². The average Bonchev–Trinajstić information content (AvgIpc) is 2.96. The molecule has 0 unspecified atom stereocenters. The Labute approximate surface area is 125 Å². The van der Waals surface area contributed by atoms with Crippen molar-refractivity contribution in [3.8, 4) is 0 Å². The molecule has 4 heteroatoms. The van der Waals surface area contributed by atoms with Gasteiger partial charge in [0, 0.05) is 51.0 Å². The number of para-hydroxylation sites is 1. The molecule has 112 valence electrons. The number of carbonyl (C=O) groups excluding carboxylic acids is 1. The van der Waals surface area contributed by atoms with E-state index in [1.54, 1.807) is 0 Å². The van der Waals surface area contributed by atoms with Crippen molar-refractivity contribution in [2.45, 2.75) is 19.4 Å². The molecule has 0 saturated carbocycles. The smallest absolute Gasteiger partial charge is 0.225 e. The van der Waals surface area contributed by atoms with Crippen molar-refractivity contribution in [2.24, 2.45) is 5.92 Å². The third-order valence-electron chi connectivity index (χ3n) is 4.30. The van der Waals surface area contributed by atoms with E-state index in [2.05, 4.69) is 35.0 Å². The fraction of sp³-hybridized carbons (Fsp3) is 0.471. The van der Waals surface area contributed by atoms with Crippen molar-refractivity contribution in [1.82, 2.24) is 9.47 Å². The van der Waals surface area contributed by atoms with E-state index in [0.29, 0.717) is 13.2 Å². The molecule has 0 radical (unpaired) electrons. The molecule has 1 aromatic carbocycles. The summed E-state index contributed by atoms with van der Waals surface area (Å²) in [6.45, 7) is 3.01. The first-order valence-corrected chi connectivity index (χ1v) is 7.62. The summed E-state index contributed by atoms with van der Waals surface area (Å²) in [7, 11) is 1.91. The topological polar surface area (TPSA) is 34.5 Å². The van der Waals surface area contributed by atoms with Crippen LogP contribution in [0.25, 0.3) is 10.9 Å². The van der Waals surface area contributed by atoms with E-state index in [1.165, 1.54) is 10.9 Å². The van der Waals surface area contributed by atoms with Crippen molar-refractivity contribution in [3.63, 3.8) is 0 Å². The van der Waals surface area contributed by atoms with Gasteiger partial charge in [-0.15, -0.1) is 0 Å². The molecule has 21 heavy (non-hydrogen) atoms. The van der Waals surface area contributed by atoms with E-state index < -0.39 is 0 Å². The Morgan fingerprint density at radius 2 is 2.05 bits per heavy atom. The zero-order chi connectivity index (χ0) is 14.7. The van der Waals surface area contributed by atoms with Gasteiger partial charge in [-0.1, -0.05) is 18.2 Å². The largest absolute Gasteiger partial charge is 0.381 e. The molecule has 1 fully saturated rings. The monoisotopic (exact) mass is 286 g/mol. The van der Waals surface area contributed by atoms with E-state index in [9.17, 15) is 4.79 Å². The number of hydrogen-bond donors (Lipinski definition) is 0. The molecule has 1 amide bonds. The van der Waals surface area contributed by atoms with Crippen LogP contribution in [-0.2, 0) is 16.1 Å². The Morgan fingerprint density at radius 3 is 2.86 bits per heavy atom. The number of hydrogen-bond acceptors (Lipinski definition) is 2. The summed E-state index contributed by atoms with van der Waals surface area (Å²) >= 11 is 0. The van der Waals surface area contributed by atoms with Gasteiger partial charge < -0.3 is 14.2 Å². The molecule has 4 nitrogen and oxygen atoms in total. The van der Waals surface area contributed by atoms with Crippen LogP contribution in [0, 0.1) is 5.92 Å². The second-order valence-electron chi connectivity index (χ2n) is 5.71. The summed E-state index contributed by atoms with van der Waals surface area (Å²) in [4.78, 5) is 14.2. The zero-order valence-corrected chi connectivity index (χ0v) is 12.5. The van der Waals surface area contributed by atoms with Gasteiger partial charge in [-0.3, -0.25) is 4.79 Å². The summed E-state index contributed by atoms with van der Waals surface area (Å²) in [6, 6.07) is 10.5. The van der Waals surface area contributed by atoms with Gasteiger partial charge in [-0.25, -0.2) is 0 Å². The minimum absolute atomic E-state index is 0.144. The minimum atomic E-state index is 0.144. The highest BCUT2D eigenvalue weighted by Gasteiger charge is 2.24. The van der Waals surface area contributed by atoms with Gasteiger partial charge in [0.15, 0.2) is 0 Å². The number of amides is 1. The van der Waals surface area contributed by atoms with Crippen LogP contribution in [-0.4, -0.2) is 42.2 Å². The van der Waals surface area contributed by atoms with Crippen LogP contribution < -0.4 is 0 Å². The van der Waals surface area contributed by atoms with Gasteiger partial charge in [0.25, 0.3) is 0 Å². The van der Waals surface area contributed by atoms with Crippen LogP contribution >= 0.6 is 0 Å². The molecule has 2 heterocycles. The number of likely N-dealkylation sites (N-methyl/N-ethyl adjacent to an activating group) is 1. The van der Waals surface area contributed by atoms with E-state index >= 15 is 0 Å². The van der Waals surface area contributed by atoms with Crippen LogP contribution in [0.1, 0.15) is 12.8 Å². The molecule has 0 N–H and O–H groups in total. The number of aromatic nitrogens is 1. The van der Waals surface area contributed by atoms with Gasteiger partial charge in [0.1, 0.15) is 0 Å². The molecular formula is C17H22N2O2. The maximum absolute atomic E-state index is 12.4. The summed E-state index contributed by atoms with van der Waals surface area (Å²) in [5, 5.41) is 1.25. The third-order valence-corrected chi connectivity index (χ3v) is 4.30. The lowest BCUT2D eigenvalue weighted by atomic mass is 9.99. The molecule has 2 aromatic rings. The predicted octanol–water partition coefficient (Wildman–Crippen LogP) is 2.53. The molecule has 3 rings (SSSR count). The molecule has 1 aliphatic rings. The number of ether oxygens (including phenoxy) is 1. The lowest BCUT2D eigenvalue weighted by Crippen LogP contribution is -2.37. The Hall–Kier alpha value is -1.81. The van der Waals surface area contributed by atoms with Crippen molar-refractivity contribution < 1.29 is 9.53 Å². The fourth-order valence-electron chi connectivity index (χ4n) is 2.96. The van der Waals surface area contributed by atoms with Crippen LogP contribution in [0.3, 0.4) is 0 Å². The van der Waals surface area contributed by atoms with Gasteiger partial charge >= 0.3 is 0 Å². The molecule has 0 atom stereocenters. The molecule has 0 aliphatic carbocycles. The fourth-order valence-corrected chi connectivity index (χ4v) is 2.96. The second-order valence-corrected chi connectivity index (χ2v) is 5.71. The number of fused-ring (bicyclic) bond motifs is 1. The highest BCUT2D eigenvalue weighted by molar-refractivity contribution is 5.80. The van der Waals surface area contributed by atoms with Gasteiger partial charge in [0.05, 0.1) is 0 Å². The van der Waals surface area contributed by atoms with Crippen LogP contribution in [0.15, 0.2) is 36.5 Å². The standard InChI is InChI=1S/C17H22N2O2/c1-18(17(20)15-7-12-21-13-8-15)10-11-19-9-6-14-4-2-3-5-16(14)19/h2-6,9,15H,7-8,10-13H2,1H3. The highest BCUT2D eigenvalue weighted by Crippen LogP contribution is 2.18. The van der Waals surface area contributed by atoms with Gasteiger partial charge in [-0.05, 0) is 30.4 Å². The lowest BCUT2D eigenvalue weighted by Gasteiger charge is -2.26. The third kappa shape index (κ3) is 3.10. The van der Waals surface area contributed by atoms with Crippen molar-refractivity contribution in [1.29, 1.82) is 0 Å². The number of carbonyl (C=O) groups is 1. The van der Waals surface area contributed by atoms with Crippen molar-refractivity contribution in [3.05, 3.63) is 36.5 Å². The maximum Gasteiger partial charge on any atom is 0.225 e. The maximum atomic E-state index is 12.4. The Morgan fingerprint density at radius 1 is 1.29 bits per heavy atom. The first kappa shape index (κ1) is 14.1. The molecule has 0 spiro atoms. The molecular weight excluding hydrogens is 264 g/mol. The zero-order valence-electron chi connectivity index (χ0n) is 12.5. The molecule has 1 saturated heterocycles. The Bertz CT molecular complexity index is 614. The van der Waals surface area contributed by atoms with Crippen LogP contribution in [0.4, 0.5) is 0 Å². The Balaban J connectivity index is 1.60. The number of benzene rings is 1. The van der Waals surface area contributed by atoms with E-state index in [1.807, 2.05) is 18.0 Å². The molecule has 0 bridgehead atoms. The second kappa shape index (κ2) is 6.31. The minimum Gasteiger partial charge on any atom is -0.381 e. The van der Waals surface area contributed by atoms with Crippen molar-refractivity contribution >= 4 is 16.8 Å². The predicted molar refractivity (Wildman–Crippen MR) is 83.1 cm³/mol. The Kier molecular flexibility index (Phi) is 4.25. The van der Waals surface area contributed by atoms with Crippen LogP contribution in [0.2, 0.25) is 0 Å². The first-order valence-electron chi connectivity index (χ1n) is 7.62. The summed E-state index contributed by atoms with van der Waals surface area (Å²) < 4.78 is 7.53. The number of rotatable bonds is 4. The van der Waals surface area contributed by atoms with Crippen LogP contribution in [0.5, 0.6) is 0 Å². The summed E-state index contributed by atoms with van der Waals surface area (Å²) in [6.07, 6.45) is 3.81. The molecule has 1 aromatic heterocycles.